The molecule has 74 valence electrons. The fourth-order valence-corrected chi connectivity index (χ4v) is 1.02. The molecule has 3 heteroatoms. The van der Waals surface area contributed by atoms with E-state index in [2.05, 4.69) is 11.8 Å². The number of hydrogen-bond donors (Lipinski definition) is 0. The van der Waals surface area contributed by atoms with Gasteiger partial charge in [-0.15, -0.1) is 0 Å². The summed E-state index contributed by atoms with van der Waals surface area (Å²) in [6.45, 7) is 1.79. The van der Waals surface area contributed by atoms with E-state index in [-0.39, 0.29) is 5.56 Å². The molecule has 0 atom stereocenters. The highest BCUT2D eigenvalue weighted by Crippen LogP contribution is 2.31. The molecule has 0 fully saturated rings. The molecule has 0 aliphatic rings. The van der Waals surface area contributed by atoms with Crippen LogP contribution in [0.1, 0.15) is 24.5 Å². The van der Waals surface area contributed by atoms with E-state index in [9.17, 15) is 13.2 Å². The van der Waals surface area contributed by atoms with E-state index in [1.807, 2.05) is 0 Å². The van der Waals surface area contributed by atoms with Gasteiger partial charge in [0.25, 0.3) is 0 Å². The Labute approximate surface area is 80.8 Å². The van der Waals surface area contributed by atoms with Gasteiger partial charge in [0.2, 0.25) is 0 Å². The van der Waals surface area contributed by atoms with E-state index in [0.717, 1.165) is 6.07 Å². The molecular weight excluding hydrogens is 189 g/mol. The Kier molecular flexibility index (Phi) is 3.19. The van der Waals surface area contributed by atoms with E-state index in [4.69, 9.17) is 0 Å². The maximum atomic E-state index is 12.4. The first-order chi connectivity index (χ1) is 6.55. The lowest BCUT2D eigenvalue weighted by Crippen LogP contribution is -2.07. The Balaban J connectivity index is 3.16. The lowest BCUT2D eigenvalue weighted by atomic mass is 10.1. The van der Waals surface area contributed by atoms with Crippen LogP contribution in [0.5, 0.6) is 0 Å². The van der Waals surface area contributed by atoms with Crippen LogP contribution in [0.4, 0.5) is 13.2 Å². The summed E-state index contributed by atoms with van der Waals surface area (Å²) in [7, 11) is 0. The monoisotopic (exact) mass is 198 g/mol. The molecule has 0 N–H and O–H groups in total. The van der Waals surface area contributed by atoms with E-state index in [0.29, 0.717) is 6.42 Å². The van der Waals surface area contributed by atoms with Crippen LogP contribution in [-0.4, -0.2) is 0 Å². The van der Waals surface area contributed by atoms with Crippen molar-refractivity contribution in [1.29, 1.82) is 0 Å². The van der Waals surface area contributed by atoms with Crippen LogP contribution in [-0.2, 0) is 6.18 Å². The molecule has 0 aliphatic heterocycles. The minimum absolute atomic E-state index is 0.0434. The lowest BCUT2D eigenvalue weighted by molar-refractivity contribution is -0.137. The fourth-order valence-electron chi connectivity index (χ4n) is 1.02. The highest BCUT2D eigenvalue weighted by molar-refractivity contribution is 5.42. The molecule has 0 aliphatic carbocycles. The van der Waals surface area contributed by atoms with Crippen LogP contribution in [0, 0.1) is 11.8 Å². The van der Waals surface area contributed by atoms with Crippen molar-refractivity contribution in [1.82, 2.24) is 0 Å². The topological polar surface area (TPSA) is 0 Å². The molecule has 0 saturated carbocycles. The summed E-state index contributed by atoms with van der Waals surface area (Å²) in [6, 6.07) is 5.33. The standard InChI is InChI=1S/C11H9F3/c1-2-3-6-9-7-4-5-8-10(9)11(12,13)14/h4-5,7-8H,2H2,1H3. The summed E-state index contributed by atoms with van der Waals surface area (Å²) < 4.78 is 37.2. The van der Waals surface area contributed by atoms with Crippen LogP contribution in [0.3, 0.4) is 0 Å². The van der Waals surface area contributed by atoms with Crippen LogP contribution in [0.15, 0.2) is 24.3 Å². The average molecular weight is 198 g/mol. The maximum Gasteiger partial charge on any atom is 0.417 e. The zero-order valence-corrected chi connectivity index (χ0v) is 7.65. The molecule has 0 heterocycles. The van der Waals surface area contributed by atoms with E-state index in [1.54, 1.807) is 13.0 Å². The first-order valence-electron chi connectivity index (χ1n) is 4.20. The molecule has 1 rings (SSSR count). The molecule has 0 aromatic heterocycles. The van der Waals surface area contributed by atoms with Crippen LogP contribution in [0.25, 0.3) is 0 Å². The van der Waals surface area contributed by atoms with Crippen molar-refractivity contribution in [2.24, 2.45) is 0 Å². The zero-order chi connectivity index (χ0) is 10.6. The third-order valence-electron chi connectivity index (χ3n) is 1.63. The first-order valence-corrected chi connectivity index (χ1v) is 4.20. The number of hydrogen-bond acceptors (Lipinski definition) is 0. The quantitative estimate of drug-likeness (QED) is 0.560. The van der Waals surface area contributed by atoms with Gasteiger partial charge >= 0.3 is 6.18 Å². The van der Waals surface area contributed by atoms with Crippen molar-refractivity contribution in [3.63, 3.8) is 0 Å². The third-order valence-corrected chi connectivity index (χ3v) is 1.63. The average Bonchev–Trinajstić information content (AvgIpc) is 2.14. The molecule has 0 nitrogen and oxygen atoms in total. The lowest BCUT2D eigenvalue weighted by Gasteiger charge is -2.07. The SMILES string of the molecule is CCC#Cc1ccccc1C(F)(F)F. The zero-order valence-electron chi connectivity index (χ0n) is 7.65. The van der Waals surface area contributed by atoms with Gasteiger partial charge in [-0.1, -0.05) is 30.9 Å². The smallest absolute Gasteiger partial charge is 0.166 e. The number of halogens is 3. The minimum atomic E-state index is -4.32. The minimum Gasteiger partial charge on any atom is -0.166 e. The third kappa shape index (κ3) is 2.53. The Morgan fingerprint density at radius 3 is 2.43 bits per heavy atom. The van der Waals surface area contributed by atoms with Crippen molar-refractivity contribution in [2.45, 2.75) is 19.5 Å². The number of benzene rings is 1. The predicted octanol–water partition coefficient (Wildman–Crippen LogP) is 3.47. The molecule has 1 aromatic rings. The highest BCUT2D eigenvalue weighted by atomic mass is 19.4. The predicted molar refractivity (Wildman–Crippen MR) is 48.6 cm³/mol. The highest BCUT2D eigenvalue weighted by Gasteiger charge is 2.32. The normalized spacial score (nSPS) is 10.6. The van der Waals surface area contributed by atoms with Crippen molar-refractivity contribution in [3.05, 3.63) is 35.4 Å². The van der Waals surface area contributed by atoms with Crippen LogP contribution >= 0.6 is 0 Å². The fraction of sp³-hybridized carbons (Fsp3) is 0.273. The molecule has 0 bridgehead atoms. The van der Waals surface area contributed by atoms with Gasteiger partial charge in [0.1, 0.15) is 0 Å². The summed E-state index contributed by atoms with van der Waals surface area (Å²) in [5.74, 6) is 5.13. The van der Waals surface area contributed by atoms with Gasteiger partial charge in [-0.2, -0.15) is 13.2 Å². The molecule has 0 saturated heterocycles. The summed E-state index contributed by atoms with van der Waals surface area (Å²) in [5, 5.41) is 0. The largest absolute Gasteiger partial charge is 0.417 e. The van der Waals surface area contributed by atoms with Gasteiger partial charge in [0, 0.05) is 12.0 Å². The Morgan fingerprint density at radius 1 is 1.21 bits per heavy atom. The molecule has 0 unspecified atom stereocenters. The van der Waals surface area contributed by atoms with Gasteiger partial charge in [-0.05, 0) is 12.1 Å². The van der Waals surface area contributed by atoms with Gasteiger partial charge in [0.05, 0.1) is 5.56 Å². The summed E-state index contributed by atoms with van der Waals surface area (Å²) in [4.78, 5) is 0. The molecule has 0 spiro atoms. The van der Waals surface area contributed by atoms with E-state index >= 15 is 0 Å². The summed E-state index contributed by atoms with van der Waals surface area (Å²) in [5.41, 5.74) is -0.622. The first kappa shape index (κ1) is 10.6. The van der Waals surface area contributed by atoms with Gasteiger partial charge in [-0.25, -0.2) is 0 Å². The molecule has 0 amide bonds. The molecule has 14 heavy (non-hydrogen) atoms. The maximum absolute atomic E-state index is 12.4. The second-order valence-corrected chi connectivity index (χ2v) is 2.70. The van der Waals surface area contributed by atoms with Crippen molar-refractivity contribution in [2.75, 3.05) is 0 Å². The van der Waals surface area contributed by atoms with Crippen molar-refractivity contribution >= 4 is 0 Å². The van der Waals surface area contributed by atoms with Gasteiger partial charge in [0.15, 0.2) is 0 Å². The van der Waals surface area contributed by atoms with E-state index in [1.165, 1.54) is 12.1 Å². The van der Waals surface area contributed by atoms with Crippen molar-refractivity contribution < 1.29 is 13.2 Å². The van der Waals surface area contributed by atoms with Gasteiger partial charge < -0.3 is 0 Å². The van der Waals surface area contributed by atoms with Crippen LogP contribution in [0.2, 0.25) is 0 Å². The summed E-state index contributed by atoms with van der Waals surface area (Å²) in [6.07, 6.45) is -3.77. The van der Waals surface area contributed by atoms with Crippen LogP contribution < -0.4 is 0 Å². The Bertz CT molecular complexity index is 366. The molecule has 0 radical (unpaired) electrons. The number of rotatable bonds is 0. The van der Waals surface area contributed by atoms with Crippen molar-refractivity contribution in [3.8, 4) is 11.8 Å². The van der Waals surface area contributed by atoms with Gasteiger partial charge in [-0.3, -0.25) is 0 Å². The molecular formula is C11H9F3. The van der Waals surface area contributed by atoms with E-state index < -0.39 is 11.7 Å². The number of alkyl halides is 3. The summed E-state index contributed by atoms with van der Waals surface area (Å²) >= 11 is 0. The second-order valence-electron chi connectivity index (χ2n) is 2.70. The Hall–Kier alpha value is -1.43. The Morgan fingerprint density at radius 2 is 1.86 bits per heavy atom. The molecule has 1 aromatic carbocycles. The second kappa shape index (κ2) is 4.19.